The summed E-state index contributed by atoms with van der Waals surface area (Å²) in [5, 5.41) is 4.10. The minimum absolute atomic E-state index is 0.249. The van der Waals surface area contributed by atoms with E-state index in [1.165, 1.54) is 0 Å². The van der Waals surface area contributed by atoms with E-state index in [1.807, 2.05) is 19.2 Å². The van der Waals surface area contributed by atoms with Crippen LogP contribution in [0.25, 0.3) is 0 Å². The number of nitrogens with zero attached hydrogens (tertiary/aromatic N) is 2. The zero-order chi connectivity index (χ0) is 21.0. The number of hydrogen-bond donors (Lipinski definition) is 1. The molecule has 0 aliphatic carbocycles. The molecule has 1 N–H and O–H groups in total. The van der Waals surface area contributed by atoms with Gasteiger partial charge in [-0.3, -0.25) is 4.79 Å². The van der Waals surface area contributed by atoms with Crippen LogP contribution >= 0.6 is 46.8 Å². The Hall–Kier alpha value is -1.27. The van der Waals surface area contributed by atoms with Gasteiger partial charge in [0.2, 0.25) is 0 Å². The summed E-state index contributed by atoms with van der Waals surface area (Å²) < 4.78 is 2.14. The third kappa shape index (κ3) is 5.66. The van der Waals surface area contributed by atoms with E-state index in [2.05, 4.69) is 21.4 Å². The fourth-order valence-electron chi connectivity index (χ4n) is 3.12. The lowest BCUT2D eigenvalue weighted by atomic mass is 10.1. The second-order valence-corrected chi connectivity index (χ2v) is 9.33. The lowest BCUT2D eigenvalue weighted by Crippen LogP contribution is -2.19. The van der Waals surface area contributed by atoms with Gasteiger partial charge in [0, 0.05) is 48.0 Å². The van der Waals surface area contributed by atoms with Gasteiger partial charge in [-0.2, -0.15) is 0 Å². The number of carbonyl (C=O) groups excluding carboxylic acids is 1. The summed E-state index contributed by atoms with van der Waals surface area (Å²) in [6, 6.07) is 9.13. The molecule has 2 aromatic carbocycles. The lowest BCUT2D eigenvalue weighted by molar-refractivity contribution is 0.102. The van der Waals surface area contributed by atoms with E-state index in [0.717, 1.165) is 49.5 Å². The van der Waals surface area contributed by atoms with Crippen LogP contribution in [-0.4, -0.2) is 31.8 Å². The molecule has 0 unspecified atom stereocenters. The Balaban J connectivity index is 1.84. The first-order valence-electron chi connectivity index (χ1n) is 9.61. The molecule has 1 saturated heterocycles. The van der Waals surface area contributed by atoms with Crippen LogP contribution in [0.5, 0.6) is 0 Å². The largest absolute Gasteiger partial charge is 0.374 e. The Bertz CT molecular complexity index is 888. The molecule has 8 heteroatoms. The molecule has 29 heavy (non-hydrogen) atoms. The molecule has 1 aliphatic heterocycles. The number of rotatable bonds is 7. The van der Waals surface area contributed by atoms with E-state index in [1.54, 1.807) is 30.1 Å². The summed E-state index contributed by atoms with van der Waals surface area (Å²) in [7, 11) is 2.01. The van der Waals surface area contributed by atoms with Crippen molar-refractivity contribution < 1.29 is 4.79 Å². The second-order valence-electron chi connectivity index (χ2n) is 7.01. The number of unbranched alkanes of at least 4 members (excludes halogenated alkanes) is 1. The number of benzene rings is 2. The van der Waals surface area contributed by atoms with Gasteiger partial charge in [-0.1, -0.05) is 48.1 Å². The SMILES string of the molecule is CCCCN(C)c1cc(Cl)cc(NC(=O)c2cc(N3CCCS3)cc(Cl)c2Cl)c1. The Morgan fingerprint density at radius 1 is 1.21 bits per heavy atom. The van der Waals surface area contributed by atoms with Gasteiger partial charge in [-0.25, -0.2) is 0 Å². The molecular weight excluding hydrogens is 449 g/mol. The van der Waals surface area contributed by atoms with Crippen molar-refractivity contribution >= 4 is 69.7 Å². The van der Waals surface area contributed by atoms with E-state index in [0.29, 0.717) is 21.3 Å². The van der Waals surface area contributed by atoms with Crippen LogP contribution in [0, 0.1) is 0 Å². The van der Waals surface area contributed by atoms with Gasteiger partial charge in [0.15, 0.2) is 0 Å². The fourth-order valence-corrected chi connectivity index (χ4v) is 4.75. The van der Waals surface area contributed by atoms with Crippen molar-refractivity contribution in [3.8, 4) is 0 Å². The molecule has 4 nitrogen and oxygen atoms in total. The topological polar surface area (TPSA) is 35.6 Å². The quantitative estimate of drug-likeness (QED) is 0.440. The molecule has 156 valence electrons. The monoisotopic (exact) mass is 471 g/mol. The molecule has 0 spiro atoms. The molecule has 0 atom stereocenters. The molecule has 1 amide bonds. The molecule has 0 bridgehead atoms. The molecule has 1 heterocycles. The Morgan fingerprint density at radius 2 is 2.00 bits per heavy atom. The number of nitrogens with one attached hydrogen (secondary N) is 1. The summed E-state index contributed by atoms with van der Waals surface area (Å²) in [4.78, 5) is 15.1. The van der Waals surface area contributed by atoms with Gasteiger partial charge >= 0.3 is 0 Å². The third-order valence-corrected chi connectivity index (χ3v) is 6.92. The Kier molecular flexibility index (Phi) is 7.85. The van der Waals surface area contributed by atoms with Gasteiger partial charge in [0.25, 0.3) is 5.91 Å². The van der Waals surface area contributed by atoms with Crippen molar-refractivity contribution in [1.29, 1.82) is 0 Å². The van der Waals surface area contributed by atoms with Gasteiger partial charge < -0.3 is 14.5 Å². The first-order valence-corrected chi connectivity index (χ1v) is 11.7. The molecule has 1 fully saturated rings. The molecule has 1 aliphatic rings. The van der Waals surface area contributed by atoms with Gasteiger partial charge in [0.05, 0.1) is 15.6 Å². The highest BCUT2D eigenvalue weighted by Crippen LogP contribution is 2.36. The van der Waals surface area contributed by atoms with Gasteiger partial charge in [0.1, 0.15) is 0 Å². The maximum atomic E-state index is 13.0. The van der Waals surface area contributed by atoms with E-state index >= 15 is 0 Å². The van der Waals surface area contributed by atoms with Crippen molar-refractivity contribution in [2.24, 2.45) is 0 Å². The normalized spacial score (nSPS) is 13.6. The van der Waals surface area contributed by atoms with Crippen LogP contribution in [-0.2, 0) is 0 Å². The number of halogens is 3. The highest BCUT2D eigenvalue weighted by atomic mass is 35.5. The van der Waals surface area contributed by atoms with Crippen LogP contribution in [0.15, 0.2) is 30.3 Å². The highest BCUT2D eigenvalue weighted by molar-refractivity contribution is 8.00. The standard InChI is InChI=1S/C21H24Cl3N3OS/c1-3-4-6-26(2)16-10-14(22)9-15(11-16)25-21(28)18-12-17(13-19(23)20(18)24)27-7-5-8-29-27/h9-13H,3-8H2,1-2H3,(H,25,28). The number of anilines is 3. The van der Waals surface area contributed by atoms with Crippen LogP contribution in [0.4, 0.5) is 17.1 Å². The van der Waals surface area contributed by atoms with Crippen molar-refractivity contribution in [2.75, 3.05) is 40.4 Å². The molecule has 0 aromatic heterocycles. The van der Waals surface area contributed by atoms with E-state index in [-0.39, 0.29) is 10.9 Å². The first kappa shape index (κ1) is 22.4. The van der Waals surface area contributed by atoms with Crippen LogP contribution in [0.2, 0.25) is 15.1 Å². The maximum absolute atomic E-state index is 13.0. The van der Waals surface area contributed by atoms with Crippen molar-refractivity contribution in [1.82, 2.24) is 0 Å². The molecular formula is C21H24Cl3N3OS. The number of amides is 1. The van der Waals surface area contributed by atoms with Crippen molar-refractivity contribution in [2.45, 2.75) is 26.2 Å². The van der Waals surface area contributed by atoms with Crippen molar-refractivity contribution in [3.63, 3.8) is 0 Å². The van der Waals surface area contributed by atoms with Crippen LogP contribution < -0.4 is 14.5 Å². The zero-order valence-electron chi connectivity index (χ0n) is 16.5. The van der Waals surface area contributed by atoms with E-state index in [4.69, 9.17) is 34.8 Å². The predicted molar refractivity (Wildman–Crippen MR) is 128 cm³/mol. The fraction of sp³-hybridized carbons (Fsp3) is 0.381. The average molecular weight is 473 g/mol. The molecule has 0 saturated carbocycles. The maximum Gasteiger partial charge on any atom is 0.257 e. The Labute approximate surface area is 191 Å². The van der Waals surface area contributed by atoms with Gasteiger partial charge in [-0.15, -0.1) is 0 Å². The predicted octanol–water partition coefficient (Wildman–Crippen LogP) is 6.99. The summed E-state index contributed by atoms with van der Waals surface area (Å²) in [6.07, 6.45) is 3.29. The summed E-state index contributed by atoms with van der Waals surface area (Å²) in [5.41, 5.74) is 2.81. The molecule has 3 rings (SSSR count). The van der Waals surface area contributed by atoms with E-state index < -0.39 is 0 Å². The summed E-state index contributed by atoms with van der Waals surface area (Å²) in [6.45, 7) is 3.99. The van der Waals surface area contributed by atoms with Crippen molar-refractivity contribution in [3.05, 3.63) is 51.0 Å². The number of hydrogen-bond acceptors (Lipinski definition) is 4. The smallest absolute Gasteiger partial charge is 0.257 e. The average Bonchev–Trinajstić information content (AvgIpc) is 3.22. The van der Waals surface area contributed by atoms with E-state index in [9.17, 15) is 4.79 Å². The Morgan fingerprint density at radius 3 is 2.69 bits per heavy atom. The third-order valence-electron chi connectivity index (χ3n) is 4.73. The van der Waals surface area contributed by atoms with Crippen LogP contribution in [0.3, 0.4) is 0 Å². The second kappa shape index (κ2) is 10.2. The lowest BCUT2D eigenvalue weighted by Gasteiger charge is -2.21. The summed E-state index contributed by atoms with van der Waals surface area (Å²) >= 11 is 20.7. The molecule has 0 radical (unpaired) electrons. The van der Waals surface area contributed by atoms with Gasteiger partial charge in [-0.05, 0) is 55.1 Å². The minimum Gasteiger partial charge on any atom is -0.374 e. The first-order chi connectivity index (χ1) is 13.9. The highest BCUT2D eigenvalue weighted by Gasteiger charge is 2.20. The molecule has 2 aromatic rings. The van der Waals surface area contributed by atoms with Crippen LogP contribution in [0.1, 0.15) is 36.5 Å². The number of carbonyl (C=O) groups is 1. The minimum atomic E-state index is -0.313. The zero-order valence-corrected chi connectivity index (χ0v) is 19.6. The summed E-state index contributed by atoms with van der Waals surface area (Å²) in [5.74, 6) is 0.742.